The number of carbonyl (C=O) groups is 2. The second-order valence-electron chi connectivity index (χ2n) is 7.02. The van der Waals surface area contributed by atoms with E-state index >= 15 is 0 Å². The van der Waals surface area contributed by atoms with E-state index in [1.807, 2.05) is 78.9 Å². The van der Waals surface area contributed by atoms with E-state index in [-0.39, 0.29) is 13.2 Å². The highest BCUT2D eigenvalue weighted by atomic mass is 79.9. The molecule has 0 radical (unpaired) electrons. The number of amides is 2. The zero-order chi connectivity index (χ0) is 21.4. The summed E-state index contributed by atoms with van der Waals surface area (Å²) in [6.07, 6.45) is -0.750. The average molecular weight is 477 g/mol. The summed E-state index contributed by atoms with van der Waals surface area (Å²) < 4.78 is 7.86. The first kappa shape index (κ1) is 19.3. The van der Waals surface area contributed by atoms with E-state index in [4.69, 9.17) is 4.74 Å². The molecule has 1 aromatic heterocycles. The summed E-state index contributed by atoms with van der Waals surface area (Å²) in [4.78, 5) is 31.2. The number of hydrogen-bond donors (Lipinski definition) is 0. The number of anilines is 1. The lowest BCUT2D eigenvalue weighted by Gasteiger charge is -2.37. The smallest absolute Gasteiger partial charge is 0.438 e. The second kappa shape index (κ2) is 7.88. The summed E-state index contributed by atoms with van der Waals surface area (Å²) in [5.74, 6) is 0.557. The van der Waals surface area contributed by atoms with E-state index in [9.17, 15) is 9.59 Å². The third-order valence-electron chi connectivity index (χ3n) is 5.04. The SMILES string of the molecule is O=C(OCc1ccccc1)N1C(=O)n2c(nc3ccccc32)CN1c1ccc(Br)cc1. The van der Waals surface area contributed by atoms with Crippen LogP contribution in [0.5, 0.6) is 0 Å². The summed E-state index contributed by atoms with van der Waals surface area (Å²) in [5.41, 5.74) is 2.86. The molecule has 3 aromatic carbocycles. The minimum Gasteiger partial charge on any atom is -0.443 e. The van der Waals surface area contributed by atoms with Gasteiger partial charge in [-0.25, -0.2) is 19.1 Å². The van der Waals surface area contributed by atoms with Gasteiger partial charge in [-0.05, 0) is 42.0 Å². The predicted molar refractivity (Wildman–Crippen MR) is 119 cm³/mol. The highest BCUT2D eigenvalue weighted by molar-refractivity contribution is 9.10. The van der Waals surface area contributed by atoms with Crippen molar-refractivity contribution < 1.29 is 14.3 Å². The third-order valence-corrected chi connectivity index (χ3v) is 5.57. The van der Waals surface area contributed by atoms with Gasteiger partial charge in [0.2, 0.25) is 0 Å². The molecular weight excluding hydrogens is 460 g/mol. The Kier molecular flexibility index (Phi) is 4.91. The largest absolute Gasteiger partial charge is 0.443 e. The fourth-order valence-corrected chi connectivity index (χ4v) is 3.84. The molecule has 0 fully saturated rings. The van der Waals surface area contributed by atoms with Crippen LogP contribution in [0.2, 0.25) is 0 Å². The lowest BCUT2D eigenvalue weighted by Crippen LogP contribution is -2.55. The van der Waals surface area contributed by atoms with E-state index in [2.05, 4.69) is 20.9 Å². The van der Waals surface area contributed by atoms with Crippen LogP contribution in [0.4, 0.5) is 15.3 Å². The van der Waals surface area contributed by atoms with Gasteiger partial charge in [0.15, 0.2) is 0 Å². The fourth-order valence-electron chi connectivity index (χ4n) is 3.58. The molecule has 8 heteroatoms. The molecule has 0 spiro atoms. The van der Waals surface area contributed by atoms with Crippen molar-refractivity contribution in [3.8, 4) is 0 Å². The van der Waals surface area contributed by atoms with E-state index in [1.54, 1.807) is 5.01 Å². The standard InChI is InChI=1S/C23H17BrN4O3/c24-17-10-12-18(13-11-17)26-14-21-25-19-8-4-5-9-20(19)27(21)22(29)28(26)23(30)31-15-16-6-2-1-3-7-16/h1-13H,14-15H2. The van der Waals surface area contributed by atoms with Gasteiger partial charge < -0.3 is 4.74 Å². The van der Waals surface area contributed by atoms with Gasteiger partial charge >= 0.3 is 12.1 Å². The zero-order valence-corrected chi connectivity index (χ0v) is 17.9. The Morgan fingerprint density at radius 3 is 2.45 bits per heavy atom. The van der Waals surface area contributed by atoms with Gasteiger partial charge in [-0.1, -0.05) is 58.4 Å². The first-order valence-electron chi connectivity index (χ1n) is 9.66. The molecule has 4 aromatic rings. The Morgan fingerprint density at radius 1 is 0.968 bits per heavy atom. The number of imide groups is 1. The maximum atomic E-state index is 13.5. The summed E-state index contributed by atoms with van der Waals surface area (Å²) >= 11 is 3.42. The molecule has 5 rings (SSSR count). The number of hydrazine groups is 1. The van der Waals surface area contributed by atoms with Crippen molar-refractivity contribution in [3.05, 3.63) is 94.7 Å². The van der Waals surface area contributed by atoms with Gasteiger partial charge in [0.1, 0.15) is 12.4 Å². The zero-order valence-electron chi connectivity index (χ0n) is 16.3. The van der Waals surface area contributed by atoms with Crippen molar-refractivity contribution in [1.82, 2.24) is 14.6 Å². The van der Waals surface area contributed by atoms with E-state index in [1.165, 1.54) is 4.57 Å². The molecule has 31 heavy (non-hydrogen) atoms. The third kappa shape index (κ3) is 3.55. The van der Waals surface area contributed by atoms with Gasteiger partial charge in [-0.3, -0.25) is 5.01 Å². The molecule has 7 nitrogen and oxygen atoms in total. The van der Waals surface area contributed by atoms with E-state index in [0.29, 0.717) is 22.5 Å². The maximum absolute atomic E-state index is 13.5. The number of rotatable bonds is 3. The molecular formula is C23H17BrN4O3. The van der Waals surface area contributed by atoms with Crippen molar-refractivity contribution in [2.45, 2.75) is 13.2 Å². The lowest BCUT2D eigenvalue weighted by atomic mass is 10.2. The normalized spacial score (nSPS) is 13.4. The Labute approximate surface area is 186 Å². The first-order valence-corrected chi connectivity index (χ1v) is 10.5. The van der Waals surface area contributed by atoms with E-state index < -0.39 is 12.1 Å². The number of nitrogens with zero attached hydrogens (tertiary/aromatic N) is 4. The van der Waals surface area contributed by atoms with Crippen molar-refractivity contribution >= 4 is 44.8 Å². The van der Waals surface area contributed by atoms with Crippen molar-refractivity contribution in [2.75, 3.05) is 5.01 Å². The summed E-state index contributed by atoms with van der Waals surface area (Å²) in [7, 11) is 0. The fraction of sp³-hybridized carbons (Fsp3) is 0.0870. The van der Waals surface area contributed by atoms with Gasteiger partial charge in [0, 0.05) is 4.47 Å². The van der Waals surface area contributed by atoms with Crippen LogP contribution in [-0.4, -0.2) is 26.7 Å². The number of aromatic nitrogens is 2. The van der Waals surface area contributed by atoms with Crippen LogP contribution in [0.1, 0.15) is 11.4 Å². The number of halogens is 1. The van der Waals surface area contributed by atoms with Gasteiger partial charge in [0.25, 0.3) is 0 Å². The Morgan fingerprint density at radius 2 is 1.68 bits per heavy atom. The van der Waals surface area contributed by atoms with Crippen molar-refractivity contribution in [3.63, 3.8) is 0 Å². The lowest BCUT2D eigenvalue weighted by molar-refractivity contribution is 0.0969. The number of fused-ring (bicyclic) bond motifs is 3. The molecule has 0 bridgehead atoms. The molecule has 1 aliphatic heterocycles. The number of benzene rings is 3. The van der Waals surface area contributed by atoms with Gasteiger partial charge in [-0.2, -0.15) is 0 Å². The minimum atomic E-state index is -0.750. The Hall–Kier alpha value is -3.65. The topological polar surface area (TPSA) is 67.7 Å². The van der Waals surface area contributed by atoms with Crippen LogP contribution in [0.15, 0.2) is 83.3 Å². The highest BCUT2D eigenvalue weighted by Crippen LogP contribution is 2.29. The number of para-hydroxylation sites is 2. The number of imidazole rings is 1. The number of hydrogen-bond acceptors (Lipinski definition) is 5. The Bertz CT molecular complexity index is 1270. The van der Waals surface area contributed by atoms with Gasteiger partial charge in [0.05, 0.1) is 23.3 Å². The number of ether oxygens (including phenoxy) is 1. The van der Waals surface area contributed by atoms with Crippen LogP contribution in [0.3, 0.4) is 0 Å². The molecule has 0 aliphatic carbocycles. The van der Waals surface area contributed by atoms with Crippen LogP contribution in [-0.2, 0) is 17.9 Å². The molecule has 0 saturated carbocycles. The van der Waals surface area contributed by atoms with Gasteiger partial charge in [-0.15, -0.1) is 5.01 Å². The molecule has 2 amide bonds. The highest BCUT2D eigenvalue weighted by Gasteiger charge is 2.38. The minimum absolute atomic E-state index is 0.0646. The van der Waals surface area contributed by atoms with Crippen LogP contribution < -0.4 is 5.01 Å². The second-order valence-corrected chi connectivity index (χ2v) is 7.94. The number of carbonyl (C=O) groups excluding carboxylic acids is 2. The molecule has 0 saturated heterocycles. The molecule has 154 valence electrons. The summed E-state index contributed by atoms with van der Waals surface area (Å²) in [5, 5.41) is 2.62. The quantitative estimate of drug-likeness (QED) is 0.399. The maximum Gasteiger partial charge on any atom is 0.438 e. The average Bonchev–Trinajstić information content (AvgIpc) is 3.17. The van der Waals surface area contributed by atoms with Crippen LogP contribution in [0, 0.1) is 0 Å². The van der Waals surface area contributed by atoms with E-state index in [0.717, 1.165) is 15.0 Å². The molecule has 2 heterocycles. The van der Waals surface area contributed by atoms with Crippen molar-refractivity contribution in [1.29, 1.82) is 0 Å². The molecule has 0 N–H and O–H groups in total. The predicted octanol–water partition coefficient (Wildman–Crippen LogP) is 5.34. The summed E-state index contributed by atoms with van der Waals surface area (Å²) in [6.45, 7) is 0.303. The van der Waals surface area contributed by atoms with Crippen LogP contribution >= 0.6 is 15.9 Å². The van der Waals surface area contributed by atoms with Crippen molar-refractivity contribution in [2.24, 2.45) is 0 Å². The molecule has 0 unspecified atom stereocenters. The summed E-state index contributed by atoms with van der Waals surface area (Å²) in [6, 6.07) is 23.5. The Balaban J connectivity index is 1.53. The van der Waals surface area contributed by atoms with Crippen LogP contribution in [0.25, 0.3) is 11.0 Å². The molecule has 1 aliphatic rings. The molecule has 0 atom stereocenters. The first-order chi connectivity index (χ1) is 15.1. The monoisotopic (exact) mass is 476 g/mol.